The predicted octanol–water partition coefficient (Wildman–Crippen LogP) is 3.86. The predicted molar refractivity (Wildman–Crippen MR) is 101 cm³/mol. The molecule has 0 unspecified atom stereocenters. The number of carbonyl (C=O) groups is 1. The molecule has 0 aliphatic rings. The average molecular weight is 429 g/mol. The summed E-state index contributed by atoms with van der Waals surface area (Å²) in [5.74, 6) is 1.72. The van der Waals surface area contributed by atoms with E-state index in [1.165, 1.54) is 0 Å². The summed E-state index contributed by atoms with van der Waals surface area (Å²) in [5.41, 5.74) is 1.04. The van der Waals surface area contributed by atoms with Crippen molar-refractivity contribution in [3.63, 3.8) is 0 Å². The lowest BCUT2D eigenvalue weighted by Gasteiger charge is -2.11. The first-order valence-electron chi connectivity index (χ1n) is 7.59. The third kappa shape index (κ3) is 5.83. The number of ether oxygens (including phenoxy) is 3. The van der Waals surface area contributed by atoms with Gasteiger partial charge in [-0.1, -0.05) is 17.7 Å². The van der Waals surface area contributed by atoms with Crippen LogP contribution in [0.25, 0.3) is 0 Å². The number of methoxy groups -OCH3 is 2. The van der Waals surface area contributed by atoms with Gasteiger partial charge in [0.25, 0.3) is 5.91 Å². The van der Waals surface area contributed by atoms with Crippen molar-refractivity contribution >= 4 is 33.4 Å². The van der Waals surface area contributed by atoms with Crippen LogP contribution >= 0.6 is 27.5 Å². The third-order valence-electron chi connectivity index (χ3n) is 3.44. The first-order valence-corrected chi connectivity index (χ1v) is 8.76. The Kier molecular flexibility index (Phi) is 7.40. The van der Waals surface area contributed by atoms with Gasteiger partial charge in [0.1, 0.15) is 5.75 Å². The molecule has 0 aliphatic carbocycles. The first-order chi connectivity index (χ1) is 12.0. The van der Waals surface area contributed by atoms with Gasteiger partial charge in [-0.25, -0.2) is 0 Å². The molecule has 2 aromatic rings. The Hall–Kier alpha value is -1.92. The number of nitrogens with one attached hydrogen (secondary N) is 1. The van der Waals surface area contributed by atoms with Crippen LogP contribution in [0.5, 0.6) is 17.2 Å². The minimum Gasteiger partial charge on any atom is -0.493 e. The van der Waals surface area contributed by atoms with E-state index < -0.39 is 0 Å². The van der Waals surface area contributed by atoms with Crippen molar-refractivity contribution in [3.05, 3.63) is 51.5 Å². The standard InChI is InChI=1S/C18H19BrClNO4/c1-23-16-5-3-12(9-17(16)24-2)7-8-21-18(22)11-25-15-6-4-13(20)10-14(15)19/h3-6,9-10H,7-8,11H2,1-2H3,(H,21,22). The third-order valence-corrected chi connectivity index (χ3v) is 4.29. The first kappa shape index (κ1) is 19.4. The van der Waals surface area contributed by atoms with Gasteiger partial charge in [-0.3, -0.25) is 4.79 Å². The number of rotatable bonds is 8. The second-order valence-corrected chi connectivity index (χ2v) is 6.44. The van der Waals surface area contributed by atoms with Crippen LogP contribution in [0.3, 0.4) is 0 Å². The Morgan fingerprint density at radius 2 is 1.80 bits per heavy atom. The van der Waals surface area contributed by atoms with Crippen LogP contribution < -0.4 is 19.5 Å². The minimum atomic E-state index is -0.192. The minimum absolute atomic E-state index is 0.0633. The molecule has 0 bridgehead atoms. The summed E-state index contributed by atoms with van der Waals surface area (Å²) in [4.78, 5) is 11.9. The van der Waals surface area contributed by atoms with Crippen LogP contribution in [0.2, 0.25) is 5.02 Å². The zero-order valence-electron chi connectivity index (χ0n) is 14.0. The number of hydrogen-bond donors (Lipinski definition) is 1. The lowest BCUT2D eigenvalue weighted by atomic mass is 10.1. The van der Waals surface area contributed by atoms with Gasteiger partial charge in [0.15, 0.2) is 18.1 Å². The molecule has 0 heterocycles. The molecular weight excluding hydrogens is 410 g/mol. The number of hydrogen-bond acceptors (Lipinski definition) is 4. The molecule has 1 N–H and O–H groups in total. The molecule has 2 aromatic carbocycles. The van der Waals surface area contributed by atoms with Crippen molar-refractivity contribution in [1.82, 2.24) is 5.32 Å². The van der Waals surface area contributed by atoms with E-state index in [1.807, 2.05) is 18.2 Å². The molecule has 25 heavy (non-hydrogen) atoms. The normalized spacial score (nSPS) is 10.2. The molecule has 0 saturated heterocycles. The molecule has 0 aliphatic heterocycles. The molecule has 0 atom stereocenters. The van der Waals surface area contributed by atoms with Crippen molar-refractivity contribution in [1.29, 1.82) is 0 Å². The van der Waals surface area contributed by atoms with Gasteiger partial charge in [0.2, 0.25) is 0 Å². The highest BCUT2D eigenvalue weighted by molar-refractivity contribution is 9.10. The molecule has 0 saturated carbocycles. The second kappa shape index (κ2) is 9.53. The summed E-state index contributed by atoms with van der Waals surface area (Å²) < 4.78 is 16.6. The molecular formula is C18H19BrClNO4. The molecule has 1 amide bonds. The maximum atomic E-state index is 11.9. The van der Waals surface area contributed by atoms with Gasteiger partial charge in [-0.05, 0) is 58.2 Å². The fourth-order valence-electron chi connectivity index (χ4n) is 2.17. The summed E-state index contributed by atoms with van der Waals surface area (Å²) in [7, 11) is 3.19. The smallest absolute Gasteiger partial charge is 0.257 e. The Balaban J connectivity index is 1.78. The van der Waals surface area contributed by atoms with Crippen LogP contribution in [0.15, 0.2) is 40.9 Å². The largest absolute Gasteiger partial charge is 0.493 e. The number of carbonyl (C=O) groups excluding carboxylic acids is 1. The van der Waals surface area contributed by atoms with Gasteiger partial charge in [-0.15, -0.1) is 0 Å². The van der Waals surface area contributed by atoms with Crippen molar-refractivity contribution in [2.45, 2.75) is 6.42 Å². The van der Waals surface area contributed by atoms with Crippen LogP contribution in [-0.4, -0.2) is 33.3 Å². The van der Waals surface area contributed by atoms with Crippen molar-refractivity contribution in [2.75, 3.05) is 27.4 Å². The van der Waals surface area contributed by atoms with Crippen LogP contribution in [0, 0.1) is 0 Å². The average Bonchev–Trinajstić information content (AvgIpc) is 2.60. The molecule has 0 aromatic heterocycles. The van der Waals surface area contributed by atoms with E-state index >= 15 is 0 Å². The summed E-state index contributed by atoms with van der Waals surface area (Å²) in [6, 6.07) is 10.8. The highest BCUT2D eigenvalue weighted by Crippen LogP contribution is 2.28. The zero-order valence-corrected chi connectivity index (χ0v) is 16.3. The van der Waals surface area contributed by atoms with E-state index in [9.17, 15) is 4.79 Å². The molecule has 0 spiro atoms. The zero-order chi connectivity index (χ0) is 18.2. The molecule has 134 valence electrons. The lowest BCUT2D eigenvalue weighted by molar-refractivity contribution is -0.123. The van der Waals surface area contributed by atoms with E-state index in [-0.39, 0.29) is 12.5 Å². The Labute approximate surface area is 160 Å². The number of amides is 1. The Morgan fingerprint density at radius 1 is 1.08 bits per heavy atom. The van der Waals surface area contributed by atoms with Crippen molar-refractivity contribution < 1.29 is 19.0 Å². The van der Waals surface area contributed by atoms with Crippen LogP contribution in [0.1, 0.15) is 5.56 Å². The second-order valence-electron chi connectivity index (χ2n) is 5.15. The molecule has 0 fully saturated rings. The fraction of sp³-hybridized carbons (Fsp3) is 0.278. The van der Waals surface area contributed by atoms with Gasteiger partial charge in [-0.2, -0.15) is 0 Å². The highest BCUT2D eigenvalue weighted by Gasteiger charge is 2.07. The van der Waals surface area contributed by atoms with Crippen molar-refractivity contribution in [2.24, 2.45) is 0 Å². The molecule has 2 rings (SSSR count). The van der Waals surface area contributed by atoms with E-state index in [2.05, 4.69) is 21.2 Å². The summed E-state index contributed by atoms with van der Waals surface area (Å²) >= 11 is 9.21. The van der Waals surface area contributed by atoms with E-state index in [0.717, 1.165) is 5.56 Å². The Morgan fingerprint density at radius 3 is 2.48 bits per heavy atom. The van der Waals surface area contributed by atoms with Crippen LogP contribution in [-0.2, 0) is 11.2 Å². The Bertz CT molecular complexity index is 739. The molecule has 0 radical (unpaired) electrons. The van der Waals surface area contributed by atoms with E-state index in [1.54, 1.807) is 32.4 Å². The van der Waals surface area contributed by atoms with Gasteiger partial charge in [0, 0.05) is 11.6 Å². The highest BCUT2D eigenvalue weighted by atomic mass is 79.9. The summed E-state index contributed by atoms with van der Waals surface area (Å²) in [6.45, 7) is 0.436. The van der Waals surface area contributed by atoms with Crippen molar-refractivity contribution in [3.8, 4) is 17.2 Å². The maximum Gasteiger partial charge on any atom is 0.257 e. The lowest BCUT2D eigenvalue weighted by Crippen LogP contribution is -2.30. The molecule has 7 heteroatoms. The summed E-state index contributed by atoms with van der Waals surface area (Å²) in [6.07, 6.45) is 0.677. The van der Waals surface area contributed by atoms with Gasteiger partial charge in [0.05, 0.1) is 18.7 Å². The monoisotopic (exact) mass is 427 g/mol. The van der Waals surface area contributed by atoms with E-state index in [4.69, 9.17) is 25.8 Å². The van der Waals surface area contributed by atoms with Gasteiger partial charge < -0.3 is 19.5 Å². The fourth-order valence-corrected chi connectivity index (χ4v) is 2.97. The summed E-state index contributed by atoms with van der Waals surface area (Å²) in [5, 5.41) is 3.42. The maximum absolute atomic E-state index is 11.9. The van der Waals surface area contributed by atoms with E-state index in [0.29, 0.717) is 39.7 Å². The van der Waals surface area contributed by atoms with Gasteiger partial charge >= 0.3 is 0 Å². The van der Waals surface area contributed by atoms with Crippen LogP contribution in [0.4, 0.5) is 0 Å². The number of benzene rings is 2. The topological polar surface area (TPSA) is 56.8 Å². The quantitative estimate of drug-likeness (QED) is 0.694. The SMILES string of the molecule is COc1ccc(CCNC(=O)COc2ccc(Cl)cc2Br)cc1OC. The molecule has 5 nitrogen and oxygen atoms in total. The number of halogens is 2.